The molecule has 3 nitrogen and oxygen atoms in total. The Kier molecular flexibility index (Phi) is 1.48. The summed E-state index contributed by atoms with van der Waals surface area (Å²) >= 11 is 0. The van der Waals surface area contributed by atoms with Crippen LogP contribution in [0.1, 0.15) is 6.92 Å². The fourth-order valence-corrected chi connectivity index (χ4v) is 0.544. The monoisotopic (exact) mass is 114 g/mol. The number of nitrogens with zero attached hydrogens (tertiary/aromatic N) is 1. The molecule has 0 unspecified atom stereocenters. The first kappa shape index (κ1) is 5.56. The number of rotatable bonds is 1. The van der Waals surface area contributed by atoms with E-state index in [1.165, 1.54) is 6.92 Å². The Morgan fingerprint density at radius 1 is 1.75 bits per heavy atom. The van der Waals surface area contributed by atoms with E-state index in [1.807, 2.05) is 0 Å². The van der Waals surface area contributed by atoms with E-state index < -0.39 is 0 Å². The number of hydrogen-bond acceptors (Lipinski definition) is 2. The molecule has 0 bridgehead atoms. The zero-order valence-corrected chi connectivity index (χ0v) is 4.76. The van der Waals surface area contributed by atoms with E-state index in [4.69, 9.17) is 4.74 Å². The van der Waals surface area contributed by atoms with Gasteiger partial charge in [-0.25, -0.2) is 5.32 Å². The van der Waals surface area contributed by atoms with Crippen molar-refractivity contribution in [1.82, 2.24) is 5.32 Å². The summed E-state index contributed by atoms with van der Waals surface area (Å²) in [6.07, 6.45) is 0.0903. The van der Waals surface area contributed by atoms with Crippen LogP contribution in [0.3, 0.4) is 0 Å². The van der Waals surface area contributed by atoms with E-state index in [-0.39, 0.29) is 12.1 Å². The van der Waals surface area contributed by atoms with Gasteiger partial charge in [-0.3, -0.25) is 4.79 Å². The second-order valence-corrected chi connectivity index (χ2v) is 1.82. The average molecular weight is 114 g/mol. The lowest BCUT2D eigenvalue weighted by atomic mass is 10.2. The molecule has 1 saturated heterocycles. The molecule has 0 aromatic heterocycles. The molecule has 0 spiro atoms. The highest BCUT2D eigenvalue weighted by Gasteiger charge is 2.20. The number of ether oxygens (including phenoxy) is 1. The van der Waals surface area contributed by atoms with Crippen LogP contribution in [0.4, 0.5) is 0 Å². The molecule has 0 N–H and O–H groups in total. The largest absolute Gasteiger partial charge is 0.460 e. The van der Waals surface area contributed by atoms with Crippen molar-refractivity contribution in [3.8, 4) is 0 Å². The third-order valence-corrected chi connectivity index (χ3v) is 0.998. The summed E-state index contributed by atoms with van der Waals surface area (Å²) in [5.74, 6) is -0.204. The highest BCUT2D eigenvalue weighted by Crippen LogP contribution is 1.98. The molecule has 45 valence electrons. The van der Waals surface area contributed by atoms with Gasteiger partial charge in [0.2, 0.25) is 0 Å². The summed E-state index contributed by atoms with van der Waals surface area (Å²) in [4.78, 5) is 10.2. The second-order valence-electron chi connectivity index (χ2n) is 1.82. The predicted molar refractivity (Wildman–Crippen MR) is 27.4 cm³/mol. The van der Waals surface area contributed by atoms with Gasteiger partial charge in [0.25, 0.3) is 0 Å². The molecule has 8 heavy (non-hydrogen) atoms. The third-order valence-electron chi connectivity index (χ3n) is 0.998. The van der Waals surface area contributed by atoms with Crippen LogP contribution in [0.15, 0.2) is 0 Å². The summed E-state index contributed by atoms with van der Waals surface area (Å²) in [7, 11) is 0. The first-order valence-corrected chi connectivity index (χ1v) is 2.59. The summed E-state index contributed by atoms with van der Waals surface area (Å²) in [5.41, 5.74) is 0. The number of hydrogen-bond donors (Lipinski definition) is 0. The minimum atomic E-state index is -0.204. The Bertz CT molecular complexity index is 98.6. The van der Waals surface area contributed by atoms with E-state index in [9.17, 15) is 4.79 Å². The van der Waals surface area contributed by atoms with E-state index in [0.717, 1.165) is 0 Å². The molecule has 0 amide bonds. The highest BCUT2D eigenvalue weighted by molar-refractivity contribution is 5.66. The first-order valence-electron chi connectivity index (χ1n) is 2.59. The molecule has 1 aliphatic rings. The molecular formula is C5H8NO2. The SMILES string of the molecule is CC(=O)OC1C[N]C1. The molecule has 0 aliphatic carbocycles. The summed E-state index contributed by atoms with van der Waals surface area (Å²) < 4.78 is 4.75. The number of carbonyl (C=O) groups is 1. The molecule has 1 heterocycles. The fraction of sp³-hybridized carbons (Fsp3) is 0.800. The molecule has 3 heteroatoms. The van der Waals surface area contributed by atoms with Gasteiger partial charge in [-0.1, -0.05) is 0 Å². The van der Waals surface area contributed by atoms with E-state index in [1.54, 1.807) is 0 Å². The van der Waals surface area contributed by atoms with E-state index in [2.05, 4.69) is 5.32 Å². The van der Waals surface area contributed by atoms with Crippen molar-refractivity contribution < 1.29 is 9.53 Å². The zero-order valence-electron chi connectivity index (χ0n) is 4.76. The van der Waals surface area contributed by atoms with E-state index in [0.29, 0.717) is 13.1 Å². The predicted octanol–water partition coefficient (Wildman–Crippen LogP) is -0.464. The maximum atomic E-state index is 10.2. The molecule has 0 atom stereocenters. The van der Waals surface area contributed by atoms with Crippen molar-refractivity contribution in [2.75, 3.05) is 13.1 Å². The quantitative estimate of drug-likeness (QED) is 0.432. The van der Waals surface area contributed by atoms with Crippen LogP contribution in [0.25, 0.3) is 0 Å². The Morgan fingerprint density at radius 3 is 2.50 bits per heavy atom. The van der Waals surface area contributed by atoms with Crippen molar-refractivity contribution in [3.63, 3.8) is 0 Å². The van der Waals surface area contributed by atoms with Gasteiger partial charge >= 0.3 is 5.97 Å². The van der Waals surface area contributed by atoms with Gasteiger partial charge in [0.15, 0.2) is 0 Å². The van der Waals surface area contributed by atoms with Gasteiger partial charge in [-0.15, -0.1) is 0 Å². The van der Waals surface area contributed by atoms with Gasteiger partial charge in [-0.2, -0.15) is 0 Å². The van der Waals surface area contributed by atoms with Crippen molar-refractivity contribution in [2.24, 2.45) is 0 Å². The summed E-state index contributed by atoms with van der Waals surface area (Å²) in [6.45, 7) is 2.80. The van der Waals surface area contributed by atoms with Crippen LogP contribution in [0.2, 0.25) is 0 Å². The Labute approximate surface area is 48.0 Å². The van der Waals surface area contributed by atoms with Gasteiger partial charge in [0.05, 0.1) is 13.1 Å². The minimum Gasteiger partial charge on any atom is -0.460 e. The summed E-state index contributed by atoms with van der Waals surface area (Å²) in [6, 6.07) is 0. The molecule has 1 fully saturated rings. The number of carbonyl (C=O) groups excluding carboxylic acids is 1. The molecule has 1 aliphatic heterocycles. The van der Waals surface area contributed by atoms with Crippen LogP contribution in [-0.4, -0.2) is 25.2 Å². The molecule has 0 aromatic carbocycles. The minimum absolute atomic E-state index is 0.0903. The molecule has 0 saturated carbocycles. The average Bonchev–Trinajstić information content (AvgIpc) is 1.55. The number of esters is 1. The van der Waals surface area contributed by atoms with Gasteiger partial charge < -0.3 is 4.74 Å². The van der Waals surface area contributed by atoms with Crippen molar-refractivity contribution in [1.29, 1.82) is 0 Å². The zero-order chi connectivity index (χ0) is 5.98. The normalized spacial score (nSPS) is 19.6. The van der Waals surface area contributed by atoms with Gasteiger partial charge in [0.1, 0.15) is 6.10 Å². The van der Waals surface area contributed by atoms with Crippen LogP contribution < -0.4 is 5.32 Å². The Morgan fingerprint density at radius 2 is 2.38 bits per heavy atom. The highest BCUT2D eigenvalue weighted by atomic mass is 16.5. The topological polar surface area (TPSA) is 40.4 Å². The maximum absolute atomic E-state index is 10.2. The van der Waals surface area contributed by atoms with Crippen LogP contribution in [-0.2, 0) is 9.53 Å². The van der Waals surface area contributed by atoms with Gasteiger partial charge in [-0.05, 0) is 0 Å². The van der Waals surface area contributed by atoms with Gasteiger partial charge in [0, 0.05) is 6.92 Å². The fourth-order valence-electron chi connectivity index (χ4n) is 0.544. The van der Waals surface area contributed by atoms with E-state index >= 15 is 0 Å². The van der Waals surface area contributed by atoms with Crippen LogP contribution >= 0.6 is 0 Å². The molecule has 0 aromatic rings. The lowest BCUT2D eigenvalue weighted by Gasteiger charge is -2.23. The summed E-state index contributed by atoms with van der Waals surface area (Å²) in [5, 5.41) is 3.87. The van der Waals surface area contributed by atoms with Crippen LogP contribution in [0, 0.1) is 0 Å². The third kappa shape index (κ3) is 1.20. The Hall–Kier alpha value is -0.570. The molecule has 1 radical (unpaired) electrons. The second kappa shape index (κ2) is 2.13. The molecular weight excluding hydrogens is 106 g/mol. The smallest absolute Gasteiger partial charge is 0.302 e. The lowest BCUT2D eigenvalue weighted by Crippen LogP contribution is -2.44. The van der Waals surface area contributed by atoms with Crippen molar-refractivity contribution in [2.45, 2.75) is 13.0 Å². The molecule has 1 rings (SSSR count). The van der Waals surface area contributed by atoms with Crippen LogP contribution in [0.5, 0.6) is 0 Å². The first-order chi connectivity index (χ1) is 3.79. The Balaban J connectivity index is 2.09. The van der Waals surface area contributed by atoms with Crippen molar-refractivity contribution in [3.05, 3.63) is 0 Å². The standard InChI is InChI=1S/C5H8NO2/c1-4(7)8-5-2-6-3-5/h5H,2-3H2,1H3. The maximum Gasteiger partial charge on any atom is 0.302 e. The lowest BCUT2D eigenvalue weighted by molar-refractivity contribution is -0.148. The van der Waals surface area contributed by atoms with Crippen molar-refractivity contribution >= 4 is 5.97 Å².